The van der Waals surface area contributed by atoms with E-state index >= 15 is 0 Å². The van der Waals surface area contributed by atoms with Crippen molar-refractivity contribution in [3.8, 4) is 0 Å². The van der Waals surface area contributed by atoms with Gasteiger partial charge in [-0.15, -0.1) is 0 Å². The van der Waals surface area contributed by atoms with Crippen LogP contribution < -0.4 is 5.32 Å². The fraction of sp³-hybridized carbons (Fsp3) is 0.615. The van der Waals surface area contributed by atoms with Crippen molar-refractivity contribution in [1.29, 1.82) is 0 Å². The molecule has 0 aromatic carbocycles. The Morgan fingerprint density at radius 3 is 2.80 bits per heavy atom. The number of anilines is 1. The molecule has 1 fully saturated rings. The summed E-state index contributed by atoms with van der Waals surface area (Å²) < 4.78 is 0. The molecule has 2 nitrogen and oxygen atoms in total. The predicted octanol–water partition coefficient (Wildman–Crippen LogP) is 3.38. The molecule has 2 heteroatoms. The highest BCUT2D eigenvalue weighted by Crippen LogP contribution is 2.38. The summed E-state index contributed by atoms with van der Waals surface area (Å²) in [5.74, 6) is 1.02. The Balaban J connectivity index is 2.09. The van der Waals surface area contributed by atoms with E-state index in [-0.39, 0.29) is 0 Å². The molecule has 82 valence electrons. The van der Waals surface area contributed by atoms with Crippen LogP contribution in [-0.2, 0) is 0 Å². The van der Waals surface area contributed by atoms with E-state index in [0.29, 0.717) is 11.5 Å². The molecule has 1 saturated carbocycles. The second-order valence-electron chi connectivity index (χ2n) is 5.24. The zero-order valence-corrected chi connectivity index (χ0v) is 9.88. The van der Waals surface area contributed by atoms with Crippen molar-refractivity contribution in [3.05, 3.63) is 23.9 Å². The zero-order chi connectivity index (χ0) is 10.9. The van der Waals surface area contributed by atoms with Crippen LogP contribution in [0.2, 0.25) is 0 Å². The molecule has 0 amide bonds. The van der Waals surface area contributed by atoms with Crippen LogP contribution in [0.25, 0.3) is 0 Å². The summed E-state index contributed by atoms with van der Waals surface area (Å²) in [6.45, 7) is 6.71. The van der Waals surface area contributed by atoms with Crippen molar-refractivity contribution in [2.24, 2.45) is 5.41 Å². The number of hydrogen-bond acceptors (Lipinski definition) is 2. The first-order valence-corrected chi connectivity index (χ1v) is 5.78. The Kier molecular flexibility index (Phi) is 2.68. The molecular formula is C13H20N2. The normalized spacial score (nSPS) is 24.1. The van der Waals surface area contributed by atoms with E-state index in [1.807, 2.05) is 13.0 Å². The summed E-state index contributed by atoms with van der Waals surface area (Å²) >= 11 is 0. The molecule has 0 spiro atoms. The van der Waals surface area contributed by atoms with Crippen LogP contribution in [0.1, 0.15) is 38.8 Å². The minimum atomic E-state index is 0.408. The zero-order valence-electron chi connectivity index (χ0n) is 9.88. The van der Waals surface area contributed by atoms with Gasteiger partial charge in [-0.3, -0.25) is 0 Å². The Hall–Kier alpha value is -1.05. The summed E-state index contributed by atoms with van der Waals surface area (Å²) in [6, 6.07) is 6.73. The van der Waals surface area contributed by atoms with Gasteiger partial charge in [-0.05, 0) is 37.3 Å². The summed E-state index contributed by atoms with van der Waals surface area (Å²) in [7, 11) is 0. The molecule has 1 N–H and O–H groups in total. The number of pyridine rings is 1. The highest BCUT2D eigenvalue weighted by atomic mass is 15.0. The number of nitrogens with zero attached hydrogens (tertiary/aromatic N) is 1. The first kappa shape index (κ1) is 10.5. The predicted molar refractivity (Wildman–Crippen MR) is 64.0 cm³/mol. The van der Waals surface area contributed by atoms with Gasteiger partial charge in [0.05, 0.1) is 0 Å². The lowest BCUT2D eigenvalue weighted by atomic mass is 9.87. The molecule has 0 radical (unpaired) electrons. The smallest absolute Gasteiger partial charge is 0.126 e. The van der Waals surface area contributed by atoms with Crippen LogP contribution in [0.5, 0.6) is 0 Å². The molecule has 1 aliphatic carbocycles. The van der Waals surface area contributed by atoms with Gasteiger partial charge in [0, 0.05) is 11.7 Å². The standard InChI is InChI=1S/C13H20N2/c1-10-6-4-8-12(14-10)15-11-7-5-9-13(11,2)3/h4,6,8,11H,5,7,9H2,1-3H3,(H,14,15). The molecule has 1 unspecified atom stereocenters. The first-order chi connectivity index (χ1) is 7.08. The van der Waals surface area contributed by atoms with Gasteiger partial charge < -0.3 is 5.32 Å². The molecule has 1 atom stereocenters. The Labute approximate surface area is 92.1 Å². The monoisotopic (exact) mass is 204 g/mol. The lowest BCUT2D eigenvalue weighted by molar-refractivity contribution is 0.349. The van der Waals surface area contributed by atoms with Gasteiger partial charge in [0.2, 0.25) is 0 Å². The SMILES string of the molecule is Cc1cccc(NC2CCCC2(C)C)n1. The van der Waals surface area contributed by atoms with Gasteiger partial charge in [0.25, 0.3) is 0 Å². The van der Waals surface area contributed by atoms with E-state index in [2.05, 4.69) is 36.3 Å². The maximum atomic E-state index is 4.49. The fourth-order valence-electron chi connectivity index (χ4n) is 2.40. The number of hydrogen-bond donors (Lipinski definition) is 1. The van der Waals surface area contributed by atoms with Gasteiger partial charge in [0.1, 0.15) is 5.82 Å². The second kappa shape index (κ2) is 3.84. The topological polar surface area (TPSA) is 24.9 Å². The van der Waals surface area contributed by atoms with E-state index < -0.39 is 0 Å². The molecule has 1 heterocycles. The Bertz CT molecular complexity index is 344. The van der Waals surface area contributed by atoms with Gasteiger partial charge in [0.15, 0.2) is 0 Å². The number of nitrogens with one attached hydrogen (secondary N) is 1. The molecule has 15 heavy (non-hydrogen) atoms. The molecule has 0 bridgehead atoms. The Morgan fingerprint density at radius 1 is 1.40 bits per heavy atom. The summed E-state index contributed by atoms with van der Waals surface area (Å²) in [5, 5.41) is 3.56. The van der Waals surface area contributed by atoms with Gasteiger partial charge >= 0.3 is 0 Å². The molecule has 1 aromatic heterocycles. The summed E-state index contributed by atoms with van der Waals surface area (Å²) in [4.78, 5) is 4.49. The largest absolute Gasteiger partial charge is 0.367 e. The van der Waals surface area contributed by atoms with Crippen LogP contribution in [0, 0.1) is 12.3 Å². The van der Waals surface area contributed by atoms with Crippen LogP contribution in [0.4, 0.5) is 5.82 Å². The van der Waals surface area contributed by atoms with E-state index in [9.17, 15) is 0 Å². The van der Waals surface area contributed by atoms with Crippen molar-refractivity contribution >= 4 is 5.82 Å². The molecule has 1 aliphatic rings. The van der Waals surface area contributed by atoms with Gasteiger partial charge in [-0.25, -0.2) is 4.98 Å². The molecule has 0 saturated heterocycles. The minimum absolute atomic E-state index is 0.408. The average Bonchev–Trinajstić information content (AvgIpc) is 2.46. The van der Waals surface area contributed by atoms with Crippen molar-refractivity contribution in [1.82, 2.24) is 4.98 Å². The number of aryl methyl sites for hydroxylation is 1. The quantitative estimate of drug-likeness (QED) is 0.798. The summed E-state index contributed by atoms with van der Waals surface area (Å²) in [5.41, 5.74) is 1.49. The van der Waals surface area contributed by atoms with Crippen molar-refractivity contribution in [2.75, 3.05) is 5.32 Å². The van der Waals surface area contributed by atoms with Crippen LogP contribution in [0.15, 0.2) is 18.2 Å². The van der Waals surface area contributed by atoms with Gasteiger partial charge in [-0.2, -0.15) is 0 Å². The minimum Gasteiger partial charge on any atom is -0.367 e. The summed E-state index contributed by atoms with van der Waals surface area (Å²) in [6.07, 6.45) is 3.91. The molecule has 0 aliphatic heterocycles. The van der Waals surface area contributed by atoms with E-state index in [0.717, 1.165) is 11.5 Å². The molecular weight excluding hydrogens is 184 g/mol. The molecule has 1 aromatic rings. The van der Waals surface area contributed by atoms with E-state index in [1.54, 1.807) is 0 Å². The number of aromatic nitrogens is 1. The van der Waals surface area contributed by atoms with E-state index in [1.165, 1.54) is 19.3 Å². The average molecular weight is 204 g/mol. The highest BCUT2D eigenvalue weighted by Gasteiger charge is 2.34. The second-order valence-corrected chi connectivity index (χ2v) is 5.24. The third-order valence-electron chi connectivity index (χ3n) is 3.47. The van der Waals surface area contributed by atoms with Crippen molar-refractivity contribution in [2.45, 2.75) is 46.1 Å². The maximum Gasteiger partial charge on any atom is 0.126 e. The van der Waals surface area contributed by atoms with E-state index in [4.69, 9.17) is 0 Å². The van der Waals surface area contributed by atoms with Crippen LogP contribution in [0.3, 0.4) is 0 Å². The first-order valence-electron chi connectivity index (χ1n) is 5.78. The van der Waals surface area contributed by atoms with Crippen molar-refractivity contribution in [3.63, 3.8) is 0 Å². The Morgan fingerprint density at radius 2 is 2.20 bits per heavy atom. The third-order valence-corrected chi connectivity index (χ3v) is 3.47. The van der Waals surface area contributed by atoms with Gasteiger partial charge in [-0.1, -0.05) is 26.3 Å². The highest BCUT2D eigenvalue weighted by molar-refractivity contribution is 5.37. The number of rotatable bonds is 2. The lowest BCUT2D eigenvalue weighted by Crippen LogP contribution is -2.31. The lowest BCUT2D eigenvalue weighted by Gasteiger charge is -2.28. The molecule has 2 rings (SSSR count). The van der Waals surface area contributed by atoms with Crippen molar-refractivity contribution < 1.29 is 0 Å². The van der Waals surface area contributed by atoms with Crippen LogP contribution in [-0.4, -0.2) is 11.0 Å². The van der Waals surface area contributed by atoms with Crippen LogP contribution >= 0.6 is 0 Å². The third kappa shape index (κ3) is 2.31. The fourth-order valence-corrected chi connectivity index (χ4v) is 2.40. The maximum absolute atomic E-state index is 4.49.